The van der Waals surface area contributed by atoms with E-state index in [9.17, 15) is 0 Å². The van der Waals surface area contributed by atoms with Crippen molar-refractivity contribution in [2.75, 3.05) is 19.7 Å². The maximum Gasteiger partial charge on any atom is 0.221 e. The molecule has 1 N–H and O–H groups in total. The van der Waals surface area contributed by atoms with Gasteiger partial charge >= 0.3 is 0 Å². The van der Waals surface area contributed by atoms with Gasteiger partial charge in [0.2, 0.25) is 5.88 Å². The number of hydrogen-bond donors (Lipinski definition) is 1. The van der Waals surface area contributed by atoms with Gasteiger partial charge in [0, 0.05) is 33.9 Å². The van der Waals surface area contributed by atoms with Crippen LogP contribution in [0.15, 0.2) is 34.9 Å². The van der Waals surface area contributed by atoms with E-state index in [-0.39, 0.29) is 0 Å². The third kappa shape index (κ3) is 2.35. The standard InChI is InChI=1S/C14H15BrN2O/c15-13-3-1-2-12-11(13)5-7-17-14(12)18-9-10-4-6-16-8-10/h1-3,5,7,10,16H,4,6,8-9H2. The SMILES string of the molecule is Brc1cccc2c(OCC3CCNC3)nccc12. The molecular weight excluding hydrogens is 292 g/mol. The lowest BCUT2D eigenvalue weighted by Gasteiger charge is -2.12. The Morgan fingerprint density at radius 2 is 2.28 bits per heavy atom. The molecule has 3 rings (SSSR count). The molecule has 18 heavy (non-hydrogen) atoms. The second-order valence-corrected chi connectivity index (χ2v) is 5.48. The van der Waals surface area contributed by atoms with Gasteiger partial charge in [0.15, 0.2) is 0 Å². The van der Waals surface area contributed by atoms with E-state index < -0.39 is 0 Å². The van der Waals surface area contributed by atoms with Crippen molar-refractivity contribution in [3.8, 4) is 5.88 Å². The number of nitrogens with zero attached hydrogens (tertiary/aromatic N) is 1. The van der Waals surface area contributed by atoms with E-state index in [0.29, 0.717) is 5.92 Å². The number of nitrogens with one attached hydrogen (secondary N) is 1. The molecule has 1 aromatic carbocycles. The van der Waals surface area contributed by atoms with Gasteiger partial charge in [-0.05, 0) is 31.2 Å². The molecule has 0 saturated carbocycles. The van der Waals surface area contributed by atoms with Crippen LogP contribution in [0.2, 0.25) is 0 Å². The molecule has 1 aliphatic rings. The second kappa shape index (κ2) is 5.24. The van der Waals surface area contributed by atoms with Crippen LogP contribution in [0.1, 0.15) is 6.42 Å². The fourth-order valence-electron chi connectivity index (χ4n) is 2.31. The molecule has 4 heteroatoms. The Morgan fingerprint density at radius 1 is 1.33 bits per heavy atom. The van der Waals surface area contributed by atoms with Crippen molar-refractivity contribution in [3.05, 3.63) is 34.9 Å². The molecule has 1 unspecified atom stereocenters. The van der Waals surface area contributed by atoms with Gasteiger partial charge in [-0.15, -0.1) is 0 Å². The second-order valence-electron chi connectivity index (χ2n) is 4.62. The van der Waals surface area contributed by atoms with Crippen LogP contribution < -0.4 is 10.1 Å². The van der Waals surface area contributed by atoms with Gasteiger partial charge < -0.3 is 10.1 Å². The molecule has 0 bridgehead atoms. The zero-order valence-corrected chi connectivity index (χ0v) is 11.6. The number of hydrogen-bond acceptors (Lipinski definition) is 3. The lowest BCUT2D eigenvalue weighted by atomic mass is 10.1. The summed E-state index contributed by atoms with van der Waals surface area (Å²) in [5.74, 6) is 1.34. The van der Waals surface area contributed by atoms with Crippen LogP contribution >= 0.6 is 15.9 Å². The predicted octanol–water partition coefficient (Wildman–Crippen LogP) is 2.99. The van der Waals surface area contributed by atoms with E-state index in [4.69, 9.17) is 4.74 Å². The van der Waals surface area contributed by atoms with E-state index in [1.54, 1.807) is 6.20 Å². The predicted molar refractivity (Wildman–Crippen MR) is 75.9 cm³/mol. The summed E-state index contributed by atoms with van der Waals surface area (Å²) in [5.41, 5.74) is 0. The average Bonchev–Trinajstić information content (AvgIpc) is 2.90. The Hall–Kier alpha value is -1.13. The number of rotatable bonds is 3. The van der Waals surface area contributed by atoms with Crippen molar-refractivity contribution in [2.24, 2.45) is 5.92 Å². The van der Waals surface area contributed by atoms with Gasteiger partial charge in [0.1, 0.15) is 0 Å². The number of aromatic nitrogens is 1. The van der Waals surface area contributed by atoms with Crippen molar-refractivity contribution in [2.45, 2.75) is 6.42 Å². The van der Waals surface area contributed by atoms with Crippen molar-refractivity contribution < 1.29 is 4.74 Å². The summed E-state index contributed by atoms with van der Waals surface area (Å²) in [6, 6.07) is 8.10. The largest absolute Gasteiger partial charge is 0.477 e. The van der Waals surface area contributed by atoms with Gasteiger partial charge in [0.25, 0.3) is 0 Å². The molecule has 1 atom stereocenters. The summed E-state index contributed by atoms with van der Waals surface area (Å²) < 4.78 is 6.96. The lowest BCUT2D eigenvalue weighted by Crippen LogP contribution is -2.15. The van der Waals surface area contributed by atoms with E-state index >= 15 is 0 Å². The third-order valence-electron chi connectivity index (χ3n) is 3.33. The first-order valence-corrected chi connectivity index (χ1v) is 7.00. The zero-order valence-electron chi connectivity index (χ0n) is 10.0. The Morgan fingerprint density at radius 3 is 3.11 bits per heavy atom. The lowest BCUT2D eigenvalue weighted by molar-refractivity contribution is 0.254. The monoisotopic (exact) mass is 306 g/mol. The molecule has 3 nitrogen and oxygen atoms in total. The number of halogens is 1. The summed E-state index contributed by atoms with van der Waals surface area (Å²) in [5, 5.41) is 5.56. The number of fused-ring (bicyclic) bond motifs is 1. The van der Waals surface area contributed by atoms with E-state index in [0.717, 1.165) is 40.8 Å². The summed E-state index contributed by atoms with van der Waals surface area (Å²) in [7, 11) is 0. The average molecular weight is 307 g/mol. The minimum absolute atomic E-state index is 0.606. The first-order chi connectivity index (χ1) is 8.84. The number of ether oxygens (including phenoxy) is 1. The summed E-state index contributed by atoms with van der Waals surface area (Å²) >= 11 is 3.56. The van der Waals surface area contributed by atoms with Crippen molar-refractivity contribution in [3.63, 3.8) is 0 Å². The van der Waals surface area contributed by atoms with E-state index in [2.05, 4.69) is 32.3 Å². The van der Waals surface area contributed by atoms with Gasteiger partial charge in [-0.3, -0.25) is 0 Å². The minimum Gasteiger partial charge on any atom is -0.477 e. The van der Waals surface area contributed by atoms with Crippen LogP contribution in [0.4, 0.5) is 0 Å². The maximum atomic E-state index is 5.89. The van der Waals surface area contributed by atoms with Crippen LogP contribution in [-0.2, 0) is 0 Å². The molecule has 94 valence electrons. The van der Waals surface area contributed by atoms with Crippen LogP contribution in [-0.4, -0.2) is 24.7 Å². The normalized spacial score (nSPS) is 19.3. The Bertz CT molecular complexity index is 552. The van der Waals surface area contributed by atoms with Gasteiger partial charge in [-0.2, -0.15) is 0 Å². The zero-order chi connectivity index (χ0) is 12.4. The Labute approximate surface area is 115 Å². The molecule has 1 aliphatic heterocycles. The fourth-order valence-corrected chi connectivity index (χ4v) is 2.81. The quantitative estimate of drug-likeness (QED) is 0.946. The summed E-state index contributed by atoms with van der Waals surface area (Å²) in [6.45, 7) is 2.89. The minimum atomic E-state index is 0.606. The third-order valence-corrected chi connectivity index (χ3v) is 4.03. The Kier molecular flexibility index (Phi) is 3.48. The van der Waals surface area contributed by atoms with Gasteiger partial charge in [-0.25, -0.2) is 4.98 Å². The first-order valence-electron chi connectivity index (χ1n) is 6.21. The van der Waals surface area contributed by atoms with Gasteiger partial charge in [-0.1, -0.05) is 22.0 Å². The topological polar surface area (TPSA) is 34.1 Å². The maximum absolute atomic E-state index is 5.89. The molecule has 0 amide bonds. The number of pyridine rings is 1. The molecule has 2 aromatic rings. The van der Waals surface area contributed by atoms with Crippen LogP contribution in [0, 0.1) is 5.92 Å². The molecular formula is C14H15BrN2O. The van der Waals surface area contributed by atoms with Crippen LogP contribution in [0.5, 0.6) is 5.88 Å². The molecule has 1 fully saturated rings. The Balaban J connectivity index is 1.85. The molecule has 1 aromatic heterocycles. The molecule has 0 radical (unpaired) electrons. The highest BCUT2D eigenvalue weighted by molar-refractivity contribution is 9.10. The highest BCUT2D eigenvalue weighted by Gasteiger charge is 2.16. The van der Waals surface area contributed by atoms with Gasteiger partial charge in [0.05, 0.1) is 6.61 Å². The molecule has 2 heterocycles. The molecule has 0 spiro atoms. The van der Waals surface area contributed by atoms with Crippen LogP contribution in [0.25, 0.3) is 10.8 Å². The van der Waals surface area contributed by atoms with Crippen molar-refractivity contribution in [1.82, 2.24) is 10.3 Å². The van der Waals surface area contributed by atoms with E-state index in [1.807, 2.05) is 18.2 Å². The molecule has 1 saturated heterocycles. The van der Waals surface area contributed by atoms with E-state index in [1.165, 1.54) is 6.42 Å². The van der Waals surface area contributed by atoms with Crippen molar-refractivity contribution >= 4 is 26.7 Å². The number of benzene rings is 1. The first kappa shape index (κ1) is 11.9. The van der Waals surface area contributed by atoms with Crippen LogP contribution in [0.3, 0.4) is 0 Å². The summed E-state index contributed by atoms with van der Waals surface area (Å²) in [4.78, 5) is 4.35. The molecule has 0 aliphatic carbocycles. The highest BCUT2D eigenvalue weighted by Crippen LogP contribution is 2.29. The van der Waals surface area contributed by atoms with Crippen molar-refractivity contribution in [1.29, 1.82) is 0 Å². The fraction of sp³-hybridized carbons (Fsp3) is 0.357. The summed E-state index contributed by atoms with van der Waals surface area (Å²) in [6.07, 6.45) is 2.99. The highest BCUT2D eigenvalue weighted by atomic mass is 79.9. The smallest absolute Gasteiger partial charge is 0.221 e.